The molecule has 1 aliphatic rings. The highest BCUT2D eigenvalue weighted by Gasteiger charge is 2.31. The van der Waals surface area contributed by atoms with Crippen LogP contribution in [-0.4, -0.2) is 54.0 Å². The van der Waals surface area contributed by atoms with E-state index < -0.39 is 6.04 Å². The first-order valence-electron chi connectivity index (χ1n) is 8.88. The summed E-state index contributed by atoms with van der Waals surface area (Å²) >= 11 is 0. The molecule has 138 valence electrons. The van der Waals surface area contributed by atoms with Gasteiger partial charge in [0.1, 0.15) is 6.61 Å². The minimum atomic E-state index is -0.492. The van der Waals surface area contributed by atoms with Crippen LogP contribution in [0.5, 0.6) is 0 Å². The van der Waals surface area contributed by atoms with Crippen LogP contribution in [0.3, 0.4) is 0 Å². The van der Waals surface area contributed by atoms with Gasteiger partial charge in [0.05, 0.1) is 12.1 Å². The van der Waals surface area contributed by atoms with Crippen molar-refractivity contribution >= 4 is 12.0 Å². The van der Waals surface area contributed by atoms with Crippen molar-refractivity contribution in [1.82, 2.24) is 9.80 Å². The molecule has 2 amide bonds. The zero-order valence-corrected chi connectivity index (χ0v) is 15.4. The van der Waals surface area contributed by atoms with Gasteiger partial charge in [-0.25, -0.2) is 4.79 Å². The maximum Gasteiger partial charge on any atom is 0.410 e. The van der Waals surface area contributed by atoms with Gasteiger partial charge in [-0.05, 0) is 24.3 Å². The Labute approximate surface area is 149 Å². The highest BCUT2D eigenvalue weighted by Crippen LogP contribution is 2.18. The summed E-state index contributed by atoms with van der Waals surface area (Å²) in [6.07, 6.45) is 1.35. The standard InChI is InChI=1S/C19H29N3O3/c1-14(2)17(20)18(23)22-11-7-10-16(12-22)21(3)19(24)25-13-15-8-5-4-6-9-15/h4-6,8-9,14,16-17H,7,10-13,20H2,1-3H3/t16-,17-/m0/s1. The van der Waals surface area contributed by atoms with E-state index in [1.54, 1.807) is 16.8 Å². The zero-order valence-electron chi connectivity index (χ0n) is 15.4. The number of nitrogens with zero attached hydrogens (tertiary/aromatic N) is 2. The molecule has 1 aromatic carbocycles. The van der Waals surface area contributed by atoms with Gasteiger partial charge in [-0.1, -0.05) is 44.2 Å². The topological polar surface area (TPSA) is 75.9 Å². The van der Waals surface area contributed by atoms with E-state index in [4.69, 9.17) is 10.5 Å². The molecule has 6 heteroatoms. The molecule has 6 nitrogen and oxygen atoms in total. The van der Waals surface area contributed by atoms with Crippen molar-refractivity contribution in [2.24, 2.45) is 11.7 Å². The lowest BCUT2D eigenvalue weighted by Crippen LogP contribution is -2.54. The maximum atomic E-state index is 12.5. The third-order valence-electron chi connectivity index (χ3n) is 4.75. The number of rotatable bonds is 5. The van der Waals surface area contributed by atoms with Gasteiger partial charge in [-0.15, -0.1) is 0 Å². The van der Waals surface area contributed by atoms with Gasteiger partial charge < -0.3 is 20.3 Å². The number of carbonyl (C=O) groups excluding carboxylic acids is 2. The molecular formula is C19H29N3O3. The number of likely N-dealkylation sites (tertiary alicyclic amines) is 1. The molecule has 0 radical (unpaired) electrons. The largest absolute Gasteiger partial charge is 0.445 e. The summed E-state index contributed by atoms with van der Waals surface area (Å²) in [7, 11) is 1.73. The monoisotopic (exact) mass is 347 g/mol. The minimum Gasteiger partial charge on any atom is -0.445 e. The van der Waals surface area contributed by atoms with Crippen molar-refractivity contribution in [3.63, 3.8) is 0 Å². The lowest BCUT2D eigenvalue weighted by Gasteiger charge is -2.38. The Kier molecular flexibility index (Phi) is 6.82. The van der Waals surface area contributed by atoms with Crippen LogP contribution in [0.4, 0.5) is 4.79 Å². The van der Waals surface area contributed by atoms with Crippen LogP contribution in [0.25, 0.3) is 0 Å². The summed E-state index contributed by atoms with van der Waals surface area (Å²) in [4.78, 5) is 28.1. The molecule has 1 saturated heterocycles. The maximum absolute atomic E-state index is 12.5. The molecule has 2 N–H and O–H groups in total. The summed E-state index contributed by atoms with van der Waals surface area (Å²) in [6, 6.07) is 9.05. The van der Waals surface area contributed by atoms with Crippen molar-refractivity contribution in [1.29, 1.82) is 0 Å². The van der Waals surface area contributed by atoms with Crippen LogP contribution in [0.1, 0.15) is 32.3 Å². The Bertz CT molecular complexity index is 577. The molecule has 1 aliphatic heterocycles. The van der Waals surface area contributed by atoms with Gasteiger partial charge in [0.15, 0.2) is 0 Å². The second-order valence-electron chi connectivity index (χ2n) is 7.00. The van der Waals surface area contributed by atoms with Crippen molar-refractivity contribution in [2.45, 2.75) is 45.4 Å². The molecule has 0 saturated carbocycles. The van der Waals surface area contributed by atoms with E-state index in [1.165, 1.54) is 0 Å². The number of benzene rings is 1. The lowest BCUT2D eigenvalue weighted by molar-refractivity contribution is -0.135. The number of hydrogen-bond acceptors (Lipinski definition) is 4. The molecule has 1 aromatic rings. The smallest absolute Gasteiger partial charge is 0.410 e. The van der Waals surface area contributed by atoms with Gasteiger partial charge in [0.25, 0.3) is 0 Å². The van der Waals surface area contributed by atoms with Crippen molar-refractivity contribution < 1.29 is 14.3 Å². The predicted molar refractivity (Wildman–Crippen MR) is 96.8 cm³/mol. The van der Waals surface area contributed by atoms with Gasteiger partial charge in [-0.3, -0.25) is 4.79 Å². The molecule has 0 spiro atoms. The van der Waals surface area contributed by atoms with E-state index in [9.17, 15) is 9.59 Å². The average molecular weight is 347 g/mol. The van der Waals surface area contributed by atoms with E-state index in [-0.39, 0.29) is 30.6 Å². The highest BCUT2D eigenvalue weighted by atomic mass is 16.6. The second-order valence-corrected chi connectivity index (χ2v) is 7.00. The minimum absolute atomic E-state index is 0.0363. The summed E-state index contributed by atoms with van der Waals surface area (Å²) in [6.45, 7) is 5.34. The number of piperidine rings is 1. The number of likely N-dealkylation sites (N-methyl/N-ethyl adjacent to an activating group) is 1. The Hall–Kier alpha value is -2.08. The summed E-state index contributed by atoms with van der Waals surface area (Å²) < 4.78 is 5.38. The van der Waals surface area contributed by atoms with Gasteiger partial charge in [0.2, 0.25) is 5.91 Å². The third-order valence-corrected chi connectivity index (χ3v) is 4.75. The van der Waals surface area contributed by atoms with E-state index in [2.05, 4.69) is 0 Å². The van der Waals surface area contributed by atoms with Crippen LogP contribution in [-0.2, 0) is 16.1 Å². The molecule has 0 aromatic heterocycles. The Morgan fingerprint density at radius 1 is 1.32 bits per heavy atom. The highest BCUT2D eigenvalue weighted by molar-refractivity contribution is 5.82. The first-order chi connectivity index (χ1) is 11.9. The molecule has 0 unspecified atom stereocenters. The van der Waals surface area contributed by atoms with Crippen LogP contribution in [0.2, 0.25) is 0 Å². The first-order valence-corrected chi connectivity index (χ1v) is 8.88. The van der Waals surface area contributed by atoms with E-state index in [0.29, 0.717) is 13.1 Å². The number of ether oxygens (including phenoxy) is 1. The Morgan fingerprint density at radius 2 is 2.00 bits per heavy atom. The normalized spacial score (nSPS) is 18.8. The zero-order chi connectivity index (χ0) is 18.4. The summed E-state index contributed by atoms with van der Waals surface area (Å²) in [5.41, 5.74) is 6.94. The average Bonchev–Trinajstić information content (AvgIpc) is 2.65. The third kappa shape index (κ3) is 5.19. The van der Waals surface area contributed by atoms with Crippen LogP contribution >= 0.6 is 0 Å². The van der Waals surface area contributed by atoms with Crippen LogP contribution < -0.4 is 5.73 Å². The molecule has 25 heavy (non-hydrogen) atoms. The fraction of sp³-hybridized carbons (Fsp3) is 0.579. The summed E-state index contributed by atoms with van der Waals surface area (Å²) in [5.74, 6) is 0.0622. The van der Waals surface area contributed by atoms with E-state index in [1.807, 2.05) is 44.2 Å². The quantitative estimate of drug-likeness (QED) is 0.886. The van der Waals surface area contributed by atoms with Crippen molar-refractivity contribution in [3.05, 3.63) is 35.9 Å². The fourth-order valence-electron chi connectivity index (χ4n) is 2.94. The molecule has 0 aliphatic carbocycles. The number of amides is 2. The van der Waals surface area contributed by atoms with Gasteiger partial charge >= 0.3 is 6.09 Å². The fourth-order valence-corrected chi connectivity index (χ4v) is 2.94. The van der Waals surface area contributed by atoms with Crippen LogP contribution in [0, 0.1) is 5.92 Å². The number of hydrogen-bond donors (Lipinski definition) is 1. The molecular weight excluding hydrogens is 318 g/mol. The Balaban J connectivity index is 1.88. The first kappa shape index (κ1) is 19.2. The molecule has 0 bridgehead atoms. The summed E-state index contributed by atoms with van der Waals surface area (Å²) in [5, 5.41) is 0. The Morgan fingerprint density at radius 3 is 2.64 bits per heavy atom. The van der Waals surface area contributed by atoms with Gasteiger partial charge in [-0.2, -0.15) is 0 Å². The van der Waals surface area contributed by atoms with E-state index >= 15 is 0 Å². The van der Waals surface area contributed by atoms with Crippen LogP contribution in [0.15, 0.2) is 30.3 Å². The molecule has 1 fully saturated rings. The SMILES string of the molecule is CC(C)[C@H](N)C(=O)N1CCC[C@H](N(C)C(=O)OCc2ccccc2)C1. The van der Waals surface area contributed by atoms with E-state index in [0.717, 1.165) is 18.4 Å². The molecule has 2 rings (SSSR count). The second kappa shape index (κ2) is 8.85. The predicted octanol–water partition coefficient (Wildman–Crippen LogP) is 2.23. The molecule has 1 heterocycles. The van der Waals surface area contributed by atoms with Crippen molar-refractivity contribution in [2.75, 3.05) is 20.1 Å². The van der Waals surface area contributed by atoms with Gasteiger partial charge in [0, 0.05) is 20.1 Å². The lowest BCUT2D eigenvalue weighted by atomic mass is 10.00. The number of carbonyl (C=O) groups is 2. The number of nitrogens with two attached hydrogens (primary N) is 1. The molecule has 2 atom stereocenters. The van der Waals surface area contributed by atoms with Crippen molar-refractivity contribution in [3.8, 4) is 0 Å².